The van der Waals surface area contributed by atoms with Gasteiger partial charge in [-0.25, -0.2) is 0 Å². The summed E-state index contributed by atoms with van der Waals surface area (Å²) in [6.45, 7) is 2.08. The van der Waals surface area contributed by atoms with E-state index >= 15 is 0 Å². The van der Waals surface area contributed by atoms with Gasteiger partial charge in [-0.05, 0) is 24.1 Å². The zero-order valence-corrected chi connectivity index (χ0v) is 14.9. The quantitative estimate of drug-likeness (QED) is 0.694. The van der Waals surface area contributed by atoms with Crippen molar-refractivity contribution in [3.05, 3.63) is 71.9 Å². The van der Waals surface area contributed by atoms with Gasteiger partial charge in [-0.15, -0.1) is 0 Å². The first-order valence-corrected chi connectivity index (χ1v) is 8.58. The van der Waals surface area contributed by atoms with Crippen LogP contribution in [0, 0.1) is 0 Å². The van der Waals surface area contributed by atoms with Crippen molar-refractivity contribution in [1.82, 2.24) is 9.88 Å². The summed E-state index contributed by atoms with van der Waals surface area (Å²) < 4.78 is 5.35. The maximum absolute atomic E-state index is 12.4. The number of hydrogen-bond acceptors (Lipinski definition) is 3. The third-order valence-corrected chi connectivity index (χ3v) is 4.30. The van der Waals surface area contributed by atoms with Gasteiger partial charge in [-0.3, -0.25) is 9.59 Å². The molecule has 0 spiro atoms. The molecule has 0 saturated heterocycles. The van der Waals surface area contributed by atoms with Crippen molar-refractivity contribution in [2.75, 3.05) is 7.05 Å². The Kier molecular flexibility index (Phi) is 5.37. The number of nitrogens with one attached hydrogen (secondary N) is 1. The van der Waals surface area contributed by atoms with E-state index in [1.807, 2.05) is 54.6 Å². The van der Waals surface area contributed by atoms with E-state index < -0.39 is 12.1 Å². The lowest BCUT2D eigenvalue weighted by molar-refractivity contribution is -0.158. The molecule has 1 N–H and O–H groups in total. The molecule has 0 fully saturated rings. The number of ether oxygens (including phenoxy) is 1. The smallest absolute Gasteiger partial charge is 0.311 e. The van der Waals surface area contributed by atoms with Gasteiger partial charge in [0.1, 0.15) is 0 Å². The number of para-hydroxylation sites is 1. The molecule has 5 heteroatoms. The summed E-state index contributed by atoms with van der Waals surface area (Å²) in [7, 11) is 1.71. The van der Waals surface area contributed by atoms with E-state index in [4.69, 9.17) is 4.74 Å². The molecular weight excluding hydrogens is 328 g/mol. The van der Waals surface area contributed by atoms with E-state index in [1.54, 1.807) is 25.1 Å². The van der Waals surface area contributed by atoms with Gasteiger partial charge in [0.2, 0.25) is 0 Å². The maximum atomic E-state index is 12.4. The predicted octanol–water partition coefficient (Wildman–Crippen LogP) is 3.30. The highest BCUT2D eigenvalue weighted by atomic mass is 16.5. The largest absolute Gasteiger partial charge is 0.452 e. The van der Waals surface area contributed by atoms with Crippen LogP contribution in [-0.2, 0) is 27.3 Å². The van der Waals surface area contributed by atoms with E-state index in [9.17, 15) is 9.59 Å². The predicted molar refractivity (Wildman–Crippen MR) is 100 cm³/mol. The molecular formula is C21H22N2O3. The summed E-state index contributed by atoms with van der Waals surface area (Å²) in [4.78, 5) is 29.4. The van der Waals surface area contributed by atoms with Crippen molar-refractivity contribution >= 4 is 22.8 Å². The summed E-state index contributed by atoms with van der Waals surface area (Å²) >= 11 is 0. The minimum Gasteiger partial charge on any atom is -0.452 e. The molecule has 5 nitrogen and oxygen atoms in total. The van der Waals surface area contributed by atoms with Gasteiger partial charge in [0.05, 0.1) is 6.42 Å². The van der Waals surface area contributed by atoms with E-state index in [1.165, 1.54) is 0 Å². The van der Waals surface area contributed by atoms with Gasteiger partial charge >= 0.3 is 5.97 Å². The number of esters is 1. The number of amides is 1. The van der Waals surface area contributed by atoms with Crippen LogP contribution < -0.4 is 0 Å². The monoisotopic (exact) mass is 350 g/mol. The molecule has 0 radical (unpaired) electrons. The Bertz CT molecular complexity index is 902. The fraction of sp³-hybridized carbons (Fsp3) is 0.238. The highest BCUT2D eigenvalue weighted by molar-refractivity contribution is 5.88. The summed E-state index contributed by atoms with van der Waals surface area (Å²) in [5.74, 6) is -0.634. The second kappa shape index (κ2) is 7.87. The average molecular weight is 350 g/mol. The first-order valence-electron chi connectivity index (χ1n) is 8.58. The lowest BCUT2D eigenvalue weighted by atomic mass is 10.1. The summed E-state index contributed by atoms with van der Waals surface area (Å²) in [5.41, 5.74) is 2.87. The SMILES string of the molecule is CC(OC(=O)Cc1c[nH]c2ccccc12)C(=O)N(C)Cc1ccccc1. The van der Waals surface area contributed by atoms with Crippen LogP contribution >= 0.6 is 0 Å². The molecule has 134 valence electrons. The van der Waals surface area contributed by atoms with Gasteiger partial charge in [0.15, 0.2) is 6.10 Å². The number of rotatable bonds is 6. The number of H-pyrrole nitrogens is 1. The van der Waals surface area contributed by atoms with Crippen molar-refractivity contribution in [3.63, 3.8) is 0 Å². The maximum Gasteiger partial charge on any atom is 0.311 e. The lowest BCUT2D eigenvalue weighted by Crippen LogP contribution is -2.37. The van der Waals surface area contributed by atoms with Gasteiger partial charge < -0.3 is 14.6 Å². The number of nitrogens with zero attached hydrogens (tertiary/aromatic N) is 1. The first kappa shape index (κ1) is 17.7. The Labute approximate surface area is 152 Å². The third kappa shape index (κ3) is 4.11. The number of likely N-dealkylation sites (N-methyl/N-ethyl adjacent to an activating group) is 1. The van der Waals surface area contributed by atoms with E-state index in [2.05, 4.69) is 4.98 Å². The summed E-state index contributed by atoms with van der Waals surface area (Å²) in [5, 5.41) is 0.990. The van der Waals surface area contributed by atoms with E-state index in [-0.39, 0.29) is 12.3 Å². The number of aromatic amines is 1. The Hall–Kier alpha value is -3.08. The number of carbonyl (C=O) groups excluding carboxylic acids is 2. The molecule has 0 saturated carbocycles. The normalized spacial score (nSPS) is 11.9. The second-order valence-corrected chi connectivity index (χ2v) is 6.35. The summed E-state index contributed by atoms with van der Waals surface area (Å²) in [6.07, 6.45) is 1.12. The number of carbonyl (C=O) groups is 2. The van der Waals surface area contributed by atoms with E-state index in [0.717, 1.165) is 22.0 Å². The second-order valence-electron chi connectivity index (χ2n) is 6.35. The number of hydrogen-bond donors (Lipinski definition) is 1. The Balaban J connectivity index is 1.57. The number of benzene rings is 2. The fourth-order valence-corrected chi connectivity index (χ4v) is 2.97. The van der Waals surface area contributed by atoms with Crippen LogP contribution in [0.1, 0.15) is 18.1 Å². The van der Waals surface area contributed by atoms with Crippen molar-refractivity contribution in [3.8, 4) is 0 Å². The Morgan fingerprint density at radius 3 is 2.54 bits per heavy atom. The van der Waals surface area contributed by atoms with Gasteiger partial charge in [-0.1, -0.05) is 48.5 Å². The van der Waals surface area contributed by atoms with Crippen molar-refractivity contribution in [2.45, 2.75) is 26.0 Å². The molecule has 3 aromatic rings. The first-order chi connectivity index (χ1) is 12.5. The van der Waals surface area contributed by atoms with Crippen LogP contribution in [0.3, 0.4) is 0 Å². The van der Waals surface area contributed by atoms with Crippen LogP contribution in [-0.4, -0.2) is 34.9 Å². The topological polar surface area (TPSA) is 62.4 Å². The minimum absolute atomic E-state index is 0.129. The molecule has 1 heterocycles. The molecule has 0 aliphatic carbocycles. The average Bonchev–Trinajstić information content (AvgIpc) is 3.04. The van der Waals surface area contributed by atoms with Crippen LogP contribution in [0.15, 0.2) is 60.8 Å². The van der Waals surface area contributed by atoms with Crippen LogP contribution in [0.5, 0.6) is 0 Å². The standard InChI is InChI=1S/C21H22N2O3/c1-15(21(25)23(2)14-16-8-4-3-5-9-16)26-20(24)12-17-13-22-19-11-7-6-10-18(17)19/h3-11,13,15,22H,12,14H2,1-2H3. The minimum atomic E-state index is -0.818. The molecule has 2 aromatic carbocycles. The number of aromatic nitrogens is 1. The third-order valence-electron chi connectivity index (χ3n) is 4.30. The molecule has 3 rings (SSSR count). The van der Waals surface area contributed by atoms with Gasteiger partial charge in [0.25, 0.3) is 5.91 Å². The van der Waals surface area contributed by atoms with Gasteiger partial charge in [-0.2, -0.15) is 0 Å². The molecule has 0 aliphatic rings. The molecule has 0 bridgehead atoms. The van der Waals surface area contributed by atoms with Crippen LogP contribution in [0.4, 0.5) is 0 Å². The Morgan fingerprint density at radius 2 is 1.77 bits per heavy atom. The zero-order chi connectivity index (χ0) is 18.5. The van der Waals surface area contributed by atoms with Crippen molar-refractivity contribution in [2.24, 2.45) is 0 Å². The fourth-order valence-electron chi connectivity index (χ4n) is 2.97. The van der Waals surface area contributed by atoms with Crippen molar-refractivity contribution in [1.29, 1.82) is 0 Å². The summed E-state index contributed by atoms with van der Waals surface area (Å²) in [6, 6.07) is 17.5. The lowest BCUT2D eigenvalue weighted by Gasteiger charge is -2.21. The zero-order valence-electron chi connectivity index (χ0n) is 14.9. The molecule has 1 atom stereocenters. The molecule has 26 heavy (non-hydrogen) atoms. The molecule has 0 aliphatic heterocycles. The molecule has 1 unspecified atom stereocenters. The molecule has 1 amide bonds. The van der Waals surface area contributed by atoms with E-state index in [0.29, 0.717) is 6.54 Å². The Morgan fingerprint density at radius 1 is 1.08 bits per heavy atom. The van der Waals surface area contributed by atoms with Crippen molar-refractivity contribution < 1.29 is 14.3 Å². The highest BCUT2D eigenvalue weighted by Gasteiger charge is 2.22. The van der Waals surface area contributed by atoms with Gasteiger partial charge in [0, 0.05) is 30.7 Å². The molecule has 1 aromatic heterocycles. The number of fused-ring (bicyclic) bond motifs is 1. The van der Waals surface area contributed by atoms with Crippen LogP contribution in [0.2, 0.25) is 0 Å². The van der Waals surface area contributed by atoms with Crippen LogP contribution in [0.25, 0.3) is 10.9 Å². The highest BCUT2D eigenvalue weighted by Crippen LogP contribution is 2.18.